The number of carbonyl (C=O) groups excluding carboxylic acids is 3. The van der Waals surface area contributed by atoms with Crippen molar-refractivity contribution in [1.29, 1.82) is 0 Å². The molecule has 1 fully saturated rings. The molecular weight excluding hydrogens is 502 g/mol. The molecule has 11 heteroatoms. The van der Waals surface area contributed by atoms with E-state index >= 15 is 0 Å². The van der Waals surface area contributed by atoms with Crippen LogP contribution >= 0.6 is 23.1 Å². The molecule has 3 aliphatic rings. The highest BCUT2D eigenvalue weighted by Gasteiger charge is 2.42. The first-order chi connectivity index (χ1) is 17.4. The standard InChI is InChI=1S/C25H31N3O6S2/c1-4-33-23(30)17-7-5-9-27(14-17)20(29)13-18-15-36-25-26-16(2)21(24(31)34-11-10-32-3)22(28(18)25)19-8-6-12-35-19/h6,8,12,15,17,22H,4-5,7,9-11,13-14H2,1-3H3. The van der Waals surface area contributed by atoms with Gasteiger partial charge in [-0.15, -0.1) is 11.3 Å². The molecule has 1 aromatic heterocycles. The first-order valence-electron chi connectivity index (χ1n) is 12.0. The number of esters is 2. The molecule has 2 unspecified atom stereocenters. The van der Waals surface area contributed by atoms with E-state index in [1.54, 1.807) is 30.3 Å². The Labute approximate surface area is 219 Å². The van der Waals surface area contributed by atoms with Gasteiger partial charge in [0.2, 0.25) is 5.91 Å². The minimum absolute atomic E-state index is 0.0578. The number of allylic oxidation sites excluding steroid dienone is 1. The number of hydrogen-bond acceptors (Lipinski definition) is 10. The highest BCUT2D eigenvalue weighted by Crippen LogP contribution is 2.46. The normalized spacial score (nSPS) is 21.6. The number of amides is 1. The molecule has 0 bridgehead atoms. The summed E-state index contributed by atoms with van der Waals surface area (Å²) >= 11 is 2.98. The molecule has 2 atom stereocenters. The van der Waals surface area contributed by atoms with Crippen molar-refractivity contribution in [3.63, 3.8) is 0 Å². The maximum Gasteiger partial charge on any atom is 0.338 e. The van der Waals surface area contributed by atoms with Crippen LogP contribution < -0.4 is 0 Å². The second kappa shape index (κ2) is 12.1. The highest BCUT2D eigenvalue weighted by atomic mass is 32.2. The van der Waals surface area contributed by atoms with Gasteiger partial charge in [0, 0.05) is 30.8 Å². The summed E-state index contributed by atoms with van der Waals surface area (Å²) < 4.78 is 15.7. The summed E-state index contributed by atoms with van der Waals surface area (Å²) in [5, 5.41) is 4.62. The van der Waals surface area contributed by atoms with E-state index in [2.05, 4.69) is 4.99 Å². The highest BCUT2D eigenvalue weighted by molar-refractivity contribution is 8.16. The average Bonchev–Trinajstić information content (AvgIpc) is 3.54. The fraction of sp³-hybridized carbons (Fsp3) is 0.520. The summed E-state index contributed by atoms with van der Waals surface area (Å²) in [5.41, 5.74) is 1.83. The Hall–Kier alpha value is -2.63. The van der Waals surface area contributed by atoms with Gasteiger partial charge in [-0.3, -0.25) is 9.59 Å². The van der Waals surface area contributed by atoms with E-state index in [0.29, 0.717) is 37.6 Å². The van der Waals surface area contributed by atoms with E-state index in [1.807, 2.05) is 34.7 Å². The molecule has 1 aromatic rings. The quantitative estimate of drug-likeness (QED) is 0.350. The molecule has 0 aliphatic carbocycles. The zero-order valence-corrected chi connectivity index (χ0v) is 22.4. The van der Waals surface area contributed by atoms with Crippen molar-refractivity contribution in [1.82, 2.24) is 9.80 Å². The third-order valence-corrected chi connectivity index (χ3v) is 8.09. The maximum atomic E-state index is 13.3. The number of thiophene rings is 1. The number of fused-ring (bicyclic) bond motifs is 1. The molecule has 0 saturated carbocycles. The third kappa shape index (κ3) is 5.68. The number of carbonyl (C=O) groups is 3. The predicted octanol–water partition coefficient (Wildman–Crippen LogP) is 3.70. The van der Waals surface area contributed by atoms with Gasteiger partial charge in [-0.2, -0.15) is 0 Å². The third-order valence-electron chi connectivity index (χ3n) is 6.28. The first-order valence-corrected chi connectivity index (χ1v) is 13.8. The zero-order valence-electron chi connectivity index (χ0n) is 20.7. The number of nitrogens with zero attached hydrogens (tertiary/aromatic N) is 3. The molecule has 36 heavy (non-hydrogen) atoms. The minimum Gasteiger partial charge on any atom is -0.466 e. The molecule has 0 spiro atoms. The summed E-state index contributed by atoms with van der Waals surface area (Å²) in [6, 6.07) is 3.48. The Bertz CT molecular complexity index is 1080. The van der Waals surface area contributed by atoms with Gasteiger partial charge in [-0.05, 0) is 43.5 Å². The van der Waals surface area contributed by atoms with Crippen molar-refractivity contribution in [2.45, 2.75) is 39.2 Å². The number of aliphatic imine (C=N–C) groups is 1. The van der Waals surface area contributed by atoms with Crippen LogP contribution in [0.25, 0.3) is 0 Å². The topological polar surface area (TPSA) is 97.7 Å². The van der Waals surface area contributed by atoms with E-state index in [9.17, 15) is 14.4 Å². The van der Waals surface area contributed by atoms with Gasteiger partial charge in [-0.25, -0.2) is 9.79 Å². The zero-order chi connectivity index (χ0) is 25.7. The first kappa shape index (κ1) is 26.4. The number of hydrogen-bond donors (Lipinski definition) is 0. The van der Waals surface area contributed by atoms with Crippen molar-refractivity contribution in [3.8, 4) is 0 Å². The van der Waals surface area contributed by atoms with Gasteiger partial charge < -0.3 is 24.0 Å². The number of methoxy groups -OCH3 is 1. The lowest BCUT2D eigenvalue weighted by molar-refractivity contribution is -0.151. The second-order valence-electron chi connectivity index (χ2n) is 8.64. The number of piperidine rings is 1. The van der Waals surface area contributed by atoms with Gasteiger partial charge in [0.15, 0.2) is 5.17 Å². The van der Waals surface area contributed by atoms with Crippen LogP contribution in [0.15, 0.2) is 44.9 Å². The van der Waals surface area contributed by atoms with Gasteiger partial charge in [0.1, 0.15) is 12.6 Å². The van der Waals surface area contributed by atoms with Crippen LogP contribution in [0.2, 0.25) is 0 Å². The van der Waals surface area contributed by atoms with Crippen molar-refractivity contribution < 1.29 is 28.6 Å². The fourth-order valence-electron chi connectivity index (χ4n) is 4.57. The lowest BCUT2D eigenvalue weighted by Gasteiger charge is -2.36. The van der Waals surface area contributed by atoms with Crippen LogP contribution in [0.4, 0.5) is 0 Å². The number of rotatable bonds is 9. The van der Waals surface area contributed by atoms with Crippen molar-refractivity contribution in [2.24, 2.45) is 10.9 Å². The summed E-state index contributed by atoms with van der Waals surface area (Å²) in [6.45, 7) is 5.35. The van der Waals surface area contributed by atoms with E-state index in [0.717, 1.165) is 28.6 Å². The van der Waals surface area contributed by atoms with E-state index in [-0.39, 0.29) is 30.8 Å². The van der Waals surface area contributed by atoms with Crippen LogP contribution in [0.5, 0.6) is 0 Å². The molecule has 9 nitrogen and oxygen atoms in total. The van der Waals surface area contributed by atoms with Crippen molar-refractivity contribution >= 4 is 46.1 Å². The van der Waals surface area contributed by atoms with Crippen molar-refractivity contribution in [3.05, 3.63) is 44.8 Å². The second-order valence-corrected chi connectivity index (χ2v) is 10.5. The average molecular weight is 534 g/mol. The molecule has 1 amide bonds. The van der Waals surface area contributed by atoms with Crippen LogP contribution in [0, 0.1) is 5.92 Å². The summed E-state index contributed by atoms with van der Waals surface area (Å²) in [4.78, 5) is 48.1. The SMILES string of the molecule is CCOC(=O)C1CCCN(C(=O)CC2=CSC3=NC(C)=C(C(=O)OCCOC)C(c4cccs4)N23)C1. The predicted molar refractivity (Wildman–Crippen MR) is 138 cm³/mol. The number of ether oxygens (including phenoxy) is 3. The van der Waals surface area contributed by atoms with Gasteiger partial charge >= 0.3 is 11.9 Å². The molecule has 0 radical (unpaired) electrons. The summed E-state index contributed by atoms with van der Waals surface area (Å²) in [7, 11) is 1.55. The number of thioether (sulfide) groups is 1. The summed E-state index contributed by atoms with van der Waals surface area (Å²) in [5.74, 6) is -1.04. The molecule has 0 N–H and O–H groups in total. The van der Waals surface area contributed by atoms with Gasteiger partial charge in [0.05, 0.1) is 36.8 Å². The van der Waals surface area contributed by atoms with Crippen LogP contribution in [0.1, 0.15) is 44.0 Å². The molecule has 4 heterocycles. The largest absolute Gasteiger partial charge is 0.466 e. The molecular formula is C25H31N3O6S2. The van der Waals surface area contributed by atoms with Crippen LogP contribution in [0.3, 0.4) is 0 Å². The Kier molecular flexibility index (Phi) is 8.86. The van der Waals surface area contributed by atoms with E-state index in [1.165, 1.54) is 11.8 Å². The van der Waals surface area contributed by atoms with E-state index < -0.39 is 12.0 Å². The van der Waals surface area contributed by atoms with Crippen molar-refractivity contribution in [2.75, 3.05) is 40.0 Å². The smallest absolute Gasteiger partial charge is 0.338 e. The Morgan fingerprint density at radius 2 is 2.06 bits per heavy atom. The van der Waals surface area contributed by atoms with Crippen LogP contribution in [-0.2, 0) is 28.6 Å². The Morgan fingerprint density at radius 3 is 2.78 bits per heavy atom. The molecule has 3 aliphatic heterocycles. The molecule has 4 rings (SSSR count). The maximum absolute atomic E-state index is 13.3. The Balaban J connectivity index is 1.54. The molecule has 1 saturated heterocycles. The number of likely N-dealkylation sites (tertiary alicyclic amines) is 1. The fourth-order valence-corrected chi connectivity index (χ4v) is 6.35. The van der Waals surface area contributed by atoms with E-state index in [4.69, 9.17) is 14.2 Å². The van der Waals surface area contributed by atoms with Crippen LogP contribution in [-0.4, -0.2) is 72.8 Å². The monoisotopic (exact) mass is 533 g/mol. The number of amidine groups is 1. The Morgan fingerprint density at radius 1 is 1.22 bits per heavy atom. The lowest BCUT2D eigenvalue weighted by Crippen LogP contribution is -2.44. The molecule has 0 aromatic carbocycles. The molecule has 194 valence electrons. The summed E-state index contributed by atoms with van der Waals surface area (Å²) in [6.07, 6.45) is 1.63. The minimum atomic E-state index is -0.443. The lowest BCUT2D eigenvalue weighted by atomic mass is 9.97. The van der Waals surface area contributed by atoms with Gasteiger partial charge in [0.25, 0.3) is 0 Å². The van der Waals surface area contributed by atoms with Gasteiger partial charge in [-0.1, -0.05) is 17.8 Å².